The smallest absolute Gasteiger partial charge is 0.0745 e. The third-order valence-electron chi connectivity index (χ3n) is 3.89. The van der Waals surface area contributed by atoms with Crippen LogP contribution in [-0.2, 0) is 0 Å². The lowest BCUT2D eigenvalue weighted by molar-refractivity contribution is 0.315. The summed E-state index contributed by atoms with van der Waals surface area (Å²) in [6.07, 6.45) is 13.5. The average Bonchev–Trinajstić information content (AvgIpc) is 2.40. The van der Waals surface area contributed by atoms with Gasteiger partial charge in [0.2, 0.25) is 0 Å². The highest BCUT2D eigenvalue weighted by molar-refractivity contribution is 7.85. The van der Waals surface area contributed by atoms with Gasteiger partial charge >= 0.3 is 0 Å². The molecule has 96 valence electrons. The molecule has 2 heterocycles. The van der Waals surface area contributed by atoms with Crippen molar-refractivity contribution < 1.29 is 0 Å². The molecule has 0 amide bonds. The minimum absolute atomic E-state index is 0.600. The van der Waals surface area contributed by atoms with Crippen molar-refractivity contribution in [1.82, 2.24) is 5.01 Å². The van der Waals surface area contributed by atoms with Crippen molar-refractivity contribution >= 4 is 31.5 Å². The van der Waals surface area contributed by atoms with Crippen LogP contribution in [0, 0.1) is 5.92 Å². The summed E-state index contributed by atoms with van der Waals surface area (Å²) >= 11 is 9.21. The van der Waals surface area contributed by atoms with Crippen LogP contribution in [0.4, 0.5) is 0 Å². The number of hydrogen-bond donors (Lipinski definition) is 2. The maximum atomic E-state index is 4.64. The number of rotatable bonds is 1. The zero-order chi connectivity index (χ0) is 12.5. The first-order valence-corrected chi connectivity index (χ1v) is 7.52. The van der Waals surface area contributed by atoms with Gasteiger partial charge in [-0.25, -0.2) is 5.01 Å². The molecule has 0 N–H and O–H groups in total. The Balaban J connectivity index is 1.97. The Hall–Kier alpha value is -0.610. The summed E-state index contributed by atoms with van der Waals surface area (Å²) < 4.78 is 0. The van der Waals surface area contributed by atoms with Crippen molar-refractivity contribution in [3.63, 3.8) is 0 Å². The van der Waals surface area contributed by atoms with Gasteiger partial charge in [0.15, 0.2) is 0 Å². The van der Waals surface area contributed by atoms with Crippen LogP contribution in [0.5, 0.6) is 0 Å². The number of thiol groups is 2. The van der Waals surface area contributed by atoms with E-state index in [2.05, 4.69) is 47.5 Å². The SMILES string of the molecule is SC1=C(C2CCCCC2)N2N=CCC(S)=C2C=C1. The van der Waals surface area contributed by atoms with Gasteiger partial charge in [0.05, 0.1) is 11.4 Å². The highest BCUT2D eigenvalue weighted by atomic mass is 32.1. The molecule has 1 fully saturated rings. The number of hydrazone groups is 1. The summed E-state index contributed by atoms with van der Waals surface area (Å²) in [5.74, 6) is 0.600. The largest absolute Gasteiger partial charge is 0.236 e. The zero-order valence-corrected chi connectivity index (χ0v) is 12.1. The van der Waals surface area contributed by atoms with E-state index in [0.29, 0.717) is 5.92 Å². The third-order valence-corrected chi connectivity index (χ3v) is 4.68. The molecule has 0 unspecified atom stereocenters. The van der Waals surface area contributed by atoms with Crippen LogP contribution >= 0.6 is 25.3 Å². The molecule has 2 nitrogen and oxygen atoms in total. The van der Waals surface area contributed by atoms with Crippen molar-refractivity contribution in [1.29, 1.82) is 0 Å². The molecule has 4 heteroatoms. The summed E-state index contributed by atoms with van der Waals surface area (Å²) in [5.41, 5.74) is 2.40. The van der Waals surface area contributed by atoms with E-state index in [0.717, 1.165) is 21.9 Å². The molecular weight excluding hydrogens is 260 g/mol. The number of allylic oxidation sites excluding steroid dienone is 4. The molecule has 3 aliphatic rings. The third kappa shape index (κ3) is 2.16. The maximum absolute atomic E-state index is 4.64. The molecule has 0 atom stereocenters. The molecule has 1 aliphatic carbocycles. The standard InChI is InChI=1S/C14H18N2S2/c17-12-8-9-15-16-11(12)6-7-13(18)14(16)10-4-2-1-3-5-10/h6-7,9-10,17-18H,1-5,8H2. The molecule has 2 aliphatic heterocycles. The lowest BCUT2D eigenvalue weighted by Gasteiger charge is -2.36. The van der Waals surface area contributed by atoms with Crippen LogP contribution in [0.3, 0.4) is 0 Å². The second-order valence-corrected chi connectivity index (χ2v) is 6.11. The molecule has 3 rings (SSSR count). The van der Waals surface area contributed by atoms with Crippen molar-refractivity contribution in [2.24, 2.45) is 11.0 Å². The fourth-order valence-corrected chi connectivity index (χ4v) is 3.57. The molecular formula is C14H18N2S2. The summed E-state index contributed by atoms with van der Waals surface area (Å²) in [6, 6.07) is 0. The van der Waals surface area contributed by atoms with E-state index in [4.69, 9.17) is 0 Å². The van der Waals surface area contributed by atoms with Gasteiger partial charge < -0.3 is 0 Å². The Morgan fingerprint density at radius 3 is 2.67 bits per heavy atom. The first-order valence-electron chi connectivity index (χ1n) is 6.63. The van der Waals surface area contributed by atoms with Gasteiger partial charge in [-0.3, -0.25) is 0 Å². The fraction of sp³-hybridized carbons (Fsp3) is 0.500. The monoisotopic (exact) mass is 278 g/mol. The van der Waals surface area contributed by atoms with E-state index in [1.54, 1.807) is 0 Å². The number of hydrogen-bond acceptors (Lipinski definition) is 4. The second-order valence-electron chi connectivity index (χ2n) is 5.08. The van der Waals surface area contributed by atoms with Crippen LogP contribution in [0.15, 0.2) is 38.5 Å². The van der Waals surface area contributed by atoms with Crippen molar-refractivity contribution in [3.05, 3.63) is 33.4 Å². The Kier molecular flexibility index (Phi) is 3.57. The van der Waals surface area contributed by atoms with E-state index in [1.165, 1.54) is 37.8 Å². The van der Waals surface area contributed by atoms with E-state index in [9.17, 15) is 0 Å². The second kappa shape index (κ2) is 5.17. The van der Waals surface area contributed by atoms with E-state index >= 15 is 0 Å². The Bertz CT molecular complexity index is 468. The molecule has 1 saturated carbocycles. The van der Waals surface area contributed by atoms with Crippen LogP contribution in [-0.4, -0.2) is 11.2 Å². The highest BCUT2D eigenvalue weighted by Crippen LogP contribution is 2.40. The fourth-order valence-electron chi connectivity index (χ4n) is 2.97. The normalized spacial score (nSPS) is 24.9. The van der Waals surface area contributed by atoms with Gasteiger partial charge in [0.1, 0.15) is 0 Å². The molecule has 0 aromatic carbocycles. The minimum Gasteiger partial charge on any atom is -0.236 e. The predicted molar refractivity (Wildman–Crippen MR) is 82.7 cm³/mol. The van der Waals surface area contributed by atoms with Crippen LogP contribution < -0.4 is 0 Å². The topological polar surface area (TPSA) is 15.6 Å². The average molecular weight is 278 g/mol. The zero-order valence-electron chi connectivity index (χ0n) is 10.3. The lowest BCUT2D eigenvalue weighted by atomic mass is 9.85. The Morgan fingerprint density at radius 2 is 1.89 bits per heavy atom. The Labute approximate surface area is 119 Å². The van der Waals surface area contributed by atoms with Gasteiger partial charge in [-0.05, 0) is 25.0 Å². The van der Waals surface area contributed by atoms with Gasteiger partial charge in [0.25, 0.3) is 0 Å². The van der Waals surface area contributed by atoms with E-state index in [1.807, 2.05) is 6.21 Å². The Morgan fingerprint density at radius 1 is 1.11 bits per heavy atom. The highest BCUT2D eigenvalue weighted by Gasteiger charge is 2.29. The maximum Gasteiger partial charge on any atom is 0.0745 e. The predicted octanol–water partition coefficient (Wildman–Crippen LogP) is 4.11. The van der Waals surface area contributed by atoms with Gasteiger partial charge in [0, 0.05) is 28.4 Å². The summed E-state index contributed by atoms with van der Waals surface area (Å²) in [4.78, 5) is 2.15. The molecule has 0 spiro atoms. The first kappa shape index (κ1) is 12.4. The molecule has 0 aromatic heterocycles. The van der Waals surface area contributed by atoms with Crippen LogP contribution in [0.1, 0.15) is 38.5 Å². The number of fused-ring (bicyclic) bond motifs is 1. The quantitative estimate of drug-likeness (QED) is 0.690. The van der Waals surface area contributed by atoms with Crippen molar-refractivity contribution in [3.8, 4) is 0 Å². The van der Waals surface area contributed by atoms with Crippen LogP contribution in [0.25, 0.3) is 0 Å². The van der Waals surface area contributed by atoms with E-state index in [-0.39, 0.29) is 0 Å². The molecule has 0 radical (unpaired) electrons. The minimum atomic E-state index is 0.600. The van der Waals surface area contributed by atoms with Crippen molar-refractivity contribution in [2.75, 3.05) is 0 Å². The van der Waals surface area contributed by atoms with Gasteiger partial charge in [-0.15, -0.1) is 25.3 Å². The van der Waals surface area contributed by atoms with E-state index < -0.39 is 0 Å². The van der Waals surface area contributed by atoms with Crippen molar-refractivity contribution in [2.45, 2.75) is 38.5 Å². The molecule has 18 heavy (non-hydrogen) atoms. The summed E-state index contributed by atoms with van der Waals surface area (Å²) in [7, 11) is 0. The molecule has 0 saturated heterocycles. The lowest BCUT2D eigenvalue weighted by Crippen LogP contribution is -2.28. The van der Waals surface area contributed by atoms with Gasteiger partial charge in [-0.1, -0.05) is 19.3 Å². The molecule has 0 aromatic rings. The first-order chi connectivity index (χ1) is 8.77. The molecule has 0 bridgehead atoms. The summed E-state index contributed by atoms with van der Waals surface area (Å²) in [6.45, 7) is 0. The number of nitrogens with zero attached hydrogens (tertiary/aromatic N) is 2. The summed E-state index contributed by atoms with van der Waals surface area (Å²) in [5, 5.41) is 6.61. The van der Waals surface area contributed by atoms with Gasteiger partial charge in [-0.2, -0.15) is 5.10 Å². The van der Waals surface area contributed by atoms with Crippen LogP contribution in [0.2, 0.25) is 0 Å².